The van der Waals surface area contributed by atoms with Crippen LogP contribution in [0, 0.1) is 0 Å². The van der Waals surface area contributed by atoms with Crippen molar-refractivity contribution in [3.05, 3.63) is 51.1 Å². The number of ether oxygens (including phenoxy) is 1. The Morgan fingerprint density at radius 3 is 2.79 bits per heavy atom. The Hall–Kier alpha value is -2.16. The Kier molecular flexibility index (Phi) is 5.27. The average molecular weight is 430 g/mol. The zero-order chi connectivity index (χ0) is 20.8. The predicted molar refractivity (Wildman–Crippen MR) is 118 cm³/mol. The Morgan fingerprint density at radius 2 is 2.07 bits per heavy atom. The van der Waals surface area contributed by atoms with E-state index in [1.807, 2.05) is 51.1 Å². The first kappa shape index (κ1) is 20.1. The van der Waals surface area contributed by atoms with Gasteiger partial charge in [0.1, 0.15) is 4.83 Å². The quantitative estimate of drug-likeness (QED) is 0.502. The van der Waals surface area contributed by atoms with E-state index < -0.39 is 5.25 Å². The smallest absolute Gasteiger partial charge is 0.262 e. The number of thioether (sulfide) groups is 1. The number of rotatable bonds is 4. The highest BCUT2D eigenvalue weighted by Gasteiger charge is 2.31. The molecular formula is C21H23N3O3S2. The monoisotopic (exact) mass is 429 g/mol. The van der Waals surface area contributed by atoms with Gasteiger partial charge in [-0.3, -0.25) is 14.2 Å². The molecule has 1 aliphatic rings. The summed E-state index contributed by atoms with van der Waals surface area (Å²) in [5, 5.41) is 3.72. The Balaban J connectivity index is 1.62. The fourth-order valence-corrected chi connectivity index (χ4v) is 5.36. The van der Waals surface area contributed by atoms with Crippen molar-refractivity contribution in [3.8, 4) is 0 Å². The maximum Gasteiger partial charge on any atom is 0.262 e. The van der Waals surface area contributed by atoms with E-state index in [2.05, 4.69) is 5.32 Å². The van der Waals surface area contributed by atoms with Crippen LogP contribution in [-0.2, 0) is 29.6 Å². The van der Waals surface area contributed by atoms with Gasteiger partial charge in [0.25, 0.3) is 5.56 Å². The summed E-state index contributed by atoms with van der Waals surface area (Å²) in [7, 11) is 1.72. The number of benzene rings is 1. The predicted octanol–water partition coefficient (Wildman–Crippen LogP) is 3.97. The van der Waals surface area contributed by atoms with Crippen molar-refractivity contribution in [2.45, 2.75) is 49.8 Å². The van der Waals surface area contributed by atoms with Crippen molar-refractivity contribution in [2.75, 3.05) is 5.32 Å². The van der Waals surface area contributed by atoms with Gasteiger partial charge in [-0.05, 0) is 38.5 Å². The van der Waals surface area contributed by atoms with Crippen LogP contribution < -0.4 is 10.9 Å². The van der Waals surface area contributed by atoms with Gasteiger partial charge in [-0.1, -0.05) is 30.0 Å². The van der Waals surface area contributed by atoms with Gasteiger partial charge in [0.05, 0.1) is 22.8 Å². The van der Waals surface area contributed by atoms with Crippen molar-refractivity contribution >= 4 is 44.9 Å². The number of carbonyl (C=O) groups excluding carboxylic acids is 1. The highest BCUT2D eigenvalue weighted by molar-refractivity contribution is 8.00. The Morgan fingerprint density at radius 1 is 1.34 bits per heavy atom. The number of anilines is 1. The van der Waals surface area contributed by atoms with Crippen molar-refractivity contribution in [2.24, 2.45) is 7.05 Å². The molecule has 3 aromatic rings. The summed E-state index contributed by atoms with van der Waals surface area (Å²) in [6.45, 7) is 6.39. The molecule has 2 aromatic heterocycles. The highest BCUT2D eigenvalue weighted by Crippen LogP contribution is 2.37. The van der Waals surface area contributed by atoms with Crippen LogP contribution in [0.25, 0.3) is 10.2 Å². The fraction of sp³-hybridized carbons (Fsp3) is 0.381. The van der Waals surface area contributed by atoms with E-state index in [1.54, 1.807) is 11.6 Å². The van der Waals surface area contributed by atoms with E-state index >= 15 is 0 Å². The molecule has 1 atom stereocenters. The second kappa shape index (κ2) is 7.59. The van der Waals surface area contributed by atoms with Gasteiger partial charge < -0.3 is 10.1 Å². The Bertz CT molecular complexity index is 1140. The minimum absolute atomic E-state index is 0.0663. The minimum Gasteiger partial charge on any atom is -0.370 e. The average Bonchev–Trinajstić information content (AvgIpc) is 3.02. The molecule has 0 aliphatic carbocycles. The highest BCUT2D eigenvalue weighted by atomic mass is 32.2. The van der Waals surface area contributed by atoms with Gasteiger partial charge >= 0.3 is 0 Å². The molecule has 0 spiro atoms. The molecule has 6 nitrogen and oxygen atoms in total. The number of thiophene rings is 1. The molecule has 0 fully saturated rings. The van der Waals surface area contributed by atoms with Gasteiger partial charge in [0.2, 0.25) is 5.91 Å². The molecule has 0 radical (unpaired) electrons. The summed E-state index contributed by atoms with van der Waals surface area (Å²) in [5.74, 6) is -0.129. The number of hydrogen-bond acceptors (Lipinski definition) is 6. The van der Waals surface area contributed by atoms with E-state index in [0.29, 0.717) is 23.6 Å². The molecule has 0 bridgehead atoms. The van der Waals surface area contributed by atoms with Crippen molar-refractivity contribution in [1.82, 2.24) is 9.55 Å². The molecule has 1 unspecified atom stereocenters. The molecule has 29 heavy (non-hydrogen) atoms. The largest absolute Gasteiger partial charge is 0.370 e. The maximum absolute atomic E-state index is 13.1. The molecule has 3 heterocycles. The van der Waals surface area contributed by atoms with Gasteiger partial charge in [-0.25, -0.2) is 4.98 Å². The lowest BCUT2D eigenvalue weighted by Gasteiger charge is -2.29. The van der Waals surface area contributed by atoms with E-state index in [4.69, 9.17) is 9.72 Å². The molecule has 1 aliphatic heterocycles. The van der Waals surface area contributed by atoms with Gasteiger partial charge in [0.15, 0.2) is 5.16 Å². The molecule has 0 saturated heterocycles. The lowest BCUT2D eigenvalue weighted by Crippen LogP contribution is -2.32. The normalized spacial score (nSPS) is 16.4. The third-order valence-electron chi connectivity index (χ3n) is 4.96. The topological polar surface area (TPSA) is 73.2 Å². The summed E-state index contributed by atoms with van der Waals surface area (Å²) < 4.78 is 7.44. The molecule has 1 N–H and O–H groups in total. The number of para-hydroxylation sites is 1. The molecular weight excluding hydrogens is 406 g/mol. The van der Waals surface area contributed by atoms with Crippen LogP contribution in [-0.4, -0.2) is 26.3 Å². The van der Waals surface area contributed by atoms with Gasteiger partial charge in [-0.2, -0.15) is 0 Å². The number of amides is 1. The molecule has 8 heteroatoms. The third kappa shape index (κ3) is 3.97. The van der Waals surface area contributed by atoms with Crippen molar-refractivity contribution in [1.29, 1.82) is 0 Å². The third-order valence-corrected chi connectivity index (χ3v) is 7.21. The molecule has 152 valence electrons. The summed E-state index contributed by atoms with van der Waals surface area (Å²) >= 11 is 2.80. The van der Waals surface area contributed by atoms with Crippen LogP contribution in [0.5, 0.6) is 0 Å². The zero-order valence-electron chi connectivity index (χ0n) is 16.8. The second-order valence-electron chi connectivity index (χ2n) is 7.78. The SMILES string of the molecule is CC(Sc1nc2sc3c(c2c(=O)n1C)CC(C)(C)OC3)C(=O)Nc1ccccc1. The van der Waals surface area contributed by atoms with E-state index in [1.165, 1.54) is 23.1 Å². The van der Waals surface area contributed by atoms with Crippen LogP contribution in [0.1, 0.15) is 31.2 Å². The standard InChI is InChI=1S/C21H23N3O3S2/c1-12(17(25)22-13-8-6-5-7-9-13)28-20-23-18-16(19(26)24(20)4)14-10-21(2,3)27-11-15(14)29-18/h5-9,12H,10-11H2,1-4H3,(H,22,25). The number of carbonyl (C=O) groups is 1. The summed E-state index contributed by atoms with van der Waals surface area (Å²) in [4.78, 5) is 32.2. The first-order valence-electron chi connectivity index (χ1n) is 9.43. The van der Waals surface area contributed by atoms with Crippen LogP contribution in [0.15, 0.2) is 40.3 Å². The first-order chi connectivity index (χ1) is 13.7. The summed E-state index contributed by atoms with van der Waals surface area (Å²) in [6.07, 6.45) is 0.696. The molecule has 1 amide bonds. The van der Waals surface area contributed by atoms with Gasteiger partial charge in [0, 0.05) is 24.0 Å². The zero-order valence-corrected chi connectivity index (χ0v) is 18.4. The number of aromatic nitrogens is 2. The summed E-state index contributed by atoms with van der Waals surface area (Å²) in [5.41, 5.74) is 1.45. The number of nitrogens with one attached hydrogen (secondary N) is 1. The number of nitrogens with zero attached hydrogens (tertiary/aromatic N) is 2. The number of fused-ring (bicyclic) bond motifs is 3. The molecule has 1 aromatic carbocycles. The lowest BCUT2D eigenvalue weighted by atomic mass is 9.94. The maximum atomic E-state index is 13.1. The first-order valence-corrected chi connectivity index (χ1v) is 11.1. The molecule has 4 rings (SSSR count). The summed E-state index contributed by atoms with van der Waals surface area (Å²) in [6, 6.07) is 9.33. The van der Waals surface area contributed by atoms with Crippen LogP contribution >= 0.6 is 23.1 Å². The van der Waals surface area contributed by atoms with Crippen LogP contribution in [0.3, 0.4) is 0 Å². The van der Waals surface area contributed by atoms with Crippen molar-refractivity contribution in [3.63, 3.8) is 0 Å². The fourth-order valence-electron chi connectivity index (χ4n) is 3.34. The lowest BCUT2D eigenvalue weighted by molar-refractivity contribution is -0.115. The van der Waals surface area contributed by atoms with E-state index in [0.717, 1.165) is 21.0 Å². The van der Waals surface area contributed by atoms with Gasteiger partial charge in [-0.15, -0.1) is 11.3 Å². The number of hydrogen-bond donors (Lipinski definition) is 1. The molecule has 0 saturated carbocycles. The van der Waals surface area contributed by atoms with Crippen LogP contribution in [0.2, 0.25) is 0 Å². The Labute approximate surface area is 177 Å². The minimum atomic E-state index is -0.400. The van der Waals surface area contributed by atoms with E-state index in [9.17, 15) is 9.59 Å². The van der Waals surface area contributed by atoms with Crippen LogP contribution in [0.4, 0.5) is 5.69 Å². The van der Waals surface area contributed by atoms with Crippen molar-refractivity contribution < 1.29 is 9.53 Å². The van der Waals surface area contributed by atoms with E-state index in [-0.39, 0.29) is 17.1 Å². The second-order valence-corrected chi connectivity index (χ2v) is 10.2.